The highest BCUT2D eigenvalue weighted by Crippen LogP contribution is 2.22. The van der Waals surface area contributed by atoms with Gasteiger partial charge in [0.25, 0.3) is 0 Å². The first-order valence-electron chi connectivity index (χ1n) is 7.44. The fraction of sp³-hybridized carbons (Fsp3) is 0.500. The molecule has 1 saturated heterocycles. The Hall–Kier alpha value is -1.68. The number of nitrogens with zero attached hydrogens (tertiary/aromatic N) is 3. The van der Waals surface area contributed by atoms with Gasteiger partial charge in [0.05, 0.1) is 11.7 Å². The number of aromatic nitrogens is 2. The van der Waals surface area contributed by atoms with E-state index in [4.69, 9.17) is 0 Å². The lowest BCUT2D eigenvalue weighted by Crippen LogP contribution is -2.34. The Labute approximate surface area is 119 Å². The van der Waals surface area contributed by atoms with Crippen LogP contribution in [-0.2, 0) is 6.42 Å². The summed E-state index contributed by atoms with van der Waals surface area (Å²) in [5, 5.41) is 0. The van der Waals surface area contributed by atoms with Crippen LogP contribution in [0.25, 0.3) is 5.52 Å². The molecule has 0 bridgehead atoms. The third-order valence-electron chi connectivity index (χ3n) is 4.43. The SMILES string of the molecule is CCN1CCC(Cc2ncc3c(C=O)cccn23)CC1. The molecule has 0 amide bonds. The maximum Gasteiger partial charge on any atom is 0.152 e. The lowest BCUT2D eigenvalue weighted by Gasteiger charge is -2.30. The number of carbonyl (C=O) groups is 1. The largest absolute Gasteiger partial charge is 0.304 e. The number of hydrogen-bond acceptors (Lipinski definition) is 3. The van der Waals surface area contributed by atoms with E-state index < -0.39 is 0 Å². The Morgan fingerprint density at radius 3 is 2.90 bits per heavy atom. The Balaban J connectivity index is 1.77. The normalized spacial score (nSPS) is 17.6. The predicted octanol–water partition coefficient (Wildman–Crippen LogP) is 2.42. The first-order chi connectivity index (χ1) is 9.81. The molecule has 0 aromatic carbocycles. The van der Waals surface area contributed by atoms with Crippen LogP contribution in [0.15, 0.2) is 24.5 Å². The van der Waals surface area contributed by atoms with Crippen molar-refractivity contribution in [1.82, 2.24) is 14.3 Å². The van der Waals surface area contributed by atoms with Gasteiger partial charge in [-0.15, -0.1) is 0 Å². The molecule has 20 heavy (non-hydrogen) atoms. The van der Waals surface area contributed by atoms with Gasteiger partial charge < -0.3 is 9.30 Å². The molecule has 4 nitrogen and oxygen atoms in total. The third-order valence-corrected chi connectivity index (χ3v) is 4.43. The van der Waals surface area contributed by atoms with Gasteiger partial charge in [0, 0.05) is 18.2 Å². The van der Waals surface area contributed by atoms with Crippen molar-refractivity contribution in [3.05, 3.63) is 35.9 Å². The highest BCUT2D eigenvalue weighted by Gasteiger charge is 2.20. The number of fused-ring (bicyclic) bond motifs is 1. The van der Waals surface area contributed by atoms with Crippen LogP contribution in [0.3, 0.4) is 0 Å². The average Bonchev–Trinajstić information content (AvgIpc) is 2.91. The summed E-state index contributed by atoms with van der Waals surface area (Å²) in [6.07, 6.45) is 8.23. The molecule has 0 N–H and O–H groups in total. The third kappa shape index (κ3) is 2.48. The zero-order chi connectivity index (χ0) is 13.9. The van der Waals surface area contributed by atoms with Crippen LogP contribution in [0.2, 0.25) is 0 Å². The molecule has 1 aliphatic rings. The van der Waals surface area contributed by atoms with E-state index in [9.17, 15) is 4.79 Å². The second-order valence-electron chi connectivity index (χ2n) is 5.59. The van der Waals surface area contributed by atoms with E-state index in [1.165, 1.54) is 25.9 Å². The zero-order valence-corrected chi connectivity index (χ0v) is 12.0. The lowest BCUT2D eigenvalue weighted by atomic mass is 9.93. The molecule has 1 fully saturated rings. The number of piperidine rings is 1. The van der Waals surface area contributed by atoms with Gasteiger partial charge in [-0.25, -0.2) is 4.98 Å². The minimum atomic E-state index is 0.711. The standard InChI is InChI=1S/C16H21N3O/c1-2-18-8-5-13(6-9-18)10-16-17-11-15-14(12-20)4-3-7-19(15)16/h3-4,7,11-13H,2,5-6,8-10H2,1H3. The molecule has 4 heteroatoms. The summed E-state index contributed by atoms with van der Waals surface area (Å²) in [4.78, 5) is 18.1. The maximum atomic E-state index is 11.0. The molecule has 0 unspecified atom stereocenters. The molecule has 0 spiro atoms. The fourth-order valence-corrected chi connectivity index (χ4v) is 3.11. The summed E-state index contributed by atoms with van der Waals surface area (Å²) in [5.41, 5.74) is 1.63. The van der Waals surface area contributed by atoms with Gasteiger partial charge in [0.2, 0.25) is 0 Å². The van der Waals surface area contributed by atoms with Crippen molar-refractivity contribution < 1.29 is 4.79 Å². The van der Waals surface area contributed by atoms with Crippen molar-refractivity contribution in [2.24, 2.45) is 5.92 Å². The second-order valence-corrected chi connectivity index (χ2v) is 5.59. The van der Waals surface area contributed by atoms with Gasteiger partial charge in [-0.2, -0.15) is 0 Å². The average molecular weight is 271 g/mol. The summed E-state index contributed by atoms with van der Waals surface area (Å²) < 4.78 is 2.07. The van der Waals surface area contributed by atoms with Crippen molar-refractivity contribution in [3.8, 4) is 0 Å². The molecule has 0 radical (unpaired) electrons. The van der Waals surface area contributed by atoms with E-state index in [1.54, 1.807) is 0 Å². The fourth-order valence-electron chi connectivity index (χ4n) is 3.11. The van der Waals surface area contributed by atoms with Crippen molar-refractivity contribution in [2.45, 2.75) is 26.2 Å². The summed E-state index contributed by atoms with van der Waals surface area (Å²) >= 11 is 0. The molecule has 0 aliphatic carbocycles. The van der Waals surface area contributed by atoms with Crippen molar-refractivity contribution in [1.29, 1.82) is 0 Å². The van der Waals surface area contributed by atoms with Crippen LogP contribution in [0.5, 0.6) is 0 Å². The number of rotatable bonds is 4. The zero-order valence-electron chi connectivity index (χ0n) is 12.0. The van der Waals surface area contributed by atoms with Crippen LogP contribution in [0.4, 0.5) is 0 Å². The maximum absolute atomic E-state index is 11.0. The molecule has 2 aromatic rings. The summed E-state index contributed by atoms with van der Waals surface area (Å²) in [6, 6.07) is 3.76. The molecular weight excluding hydrogens is 250 g/mol. The minimum absolute atomic E-state index is 0.711. The van der Waals surface area contributed by atoms with Crippen molar-refractivity contribution in [2.75, 3.05) is 19.6 Å². The summed E-state index contributed by atoms with van der Waals surface area (Å²) in [5.74, 6) is 1.79. The quantitative estimate of drug-likeness (QED) is 0.801. The number of likely N-dealkylation sites (tertiary alicyclic amines) is 1. The monoisotopic (exact) mass is 271 g/mol. The number of imidazole rings is 1. The van der Waals surface area contributed by atoms with E-state index in [1.807, 2.05) is 24.5 Å². The van der Waals surface area contributed by atoms with E-state index in [-0.39, 0.29) is 0 Å². The van der Waals surface area contributed by atoms with Crippen molar-refractivity contribution >= 4 is 11.8 Å². The van der Waals surface area contributed by atoms with E-state index in [0.29, 0.717) is 11.5 Å². The van der Waals surface area contributed by atoms with Crippen LogP contribution in [0.1, 0.15) is 35.9 Å². The van der Waals surface area contributed by atoms with E-state index >= 15 is 0 Å². The van der Waals surface area contributed by atoms with E-state index in [2.05, 4.69) is 21.2 Å². The number of hydrogen-bond donors (Lipinski definition) is 0. The van der Waals surface area contributed by atoms with Gasteiger partial charge in [-0.05, 0) is 50.5 Å². The summed E-state index contributed by atoms with van der Waals surface area (Å²) in [7, 11) is 0. The number of carbonyl (C=O) groups excluding carboxylic acids is 1. The van der Waals surface area contributed by atoms with Gasteiger partial charge >= 0.3 is 0 Å². The first kappa shape index (κ1) is 13.3. The second kappa shape index (κ2) is 5.75. The lowest BCUT2D eigenvalue weighted by molar-refractivity contribution is 0.112. The first-order valence-corrected chi connectivity index (χ1v) is 7.44. The van der Waals surface area contributed by atoms with Gasteiger partial charge in [0.1, 0.15) is 5.82 Å². The molecule has 106 valence electrons. The van der Waals surface area contributed by atoms with Crippen LogP contribution in [0, 0.1) is 5.92 Å². The van der Waals surface area contributed by atoms with Crippen LogP contribution < -0.4 is 0 Å². The van der Waals surface area contributed by atoms with Gasteiger partial charge in [-0.1, -0.05) is 6.92 Å². The smallest absolute Gasteiger partial charge is 0.152 e. The molecule has 2 aromatic heterocycles. The molecule has 1 aliphatic heterocycles. The van der Waals surface area contributed by atoms with Crippen LogP contribution >= 0.6 is 0 Å². The van der Waals surface area contributed by atoms with Crippen molar-refractivity contribution in [3.63, 3.8) is 0 Å². The molecule has 0 saturated carbocycles. The molecule has 3 heterocycles. The summed E-state index contributed by atoms with van der Waals surface area (Å²) in [6.45, 7) is 5.78. The number of pyridine rings is 1. The van der Waals surface area contributed by atoms with Crippen LogP contribution in [-0.4, -0.2) is 40.2 Å². The molecule has 3 rings (SSSR count). The minimum Gasteiger partial charge on any atom is -0.304 e. The number of aldehydes is 1. The van der Waals surface area contributed by atoms with E-state index in [0.717, 1.165) is 30.6 Å². The highest BCUT2D eigenvalue weighted by atomic mass is 16.1. The Morgan fingerprint density at radius 1 is 1.40 bits per heavy atom. The predicted molar refractivity (Wildman–Crippen MR) is 79.1 cm³/mol. The molecule has 0 atom stereocenters. The Bertz CT molecular complexity index is 597. The topological polar surface area (TPSA) is 37.6 Å². The Kier molecular flexibility index (Phi) is 3.83. The molecular formula is C16H21N3O. The van der Waals surface area contributed by atoms with Gasteiger partial charge in [0.15, 0.2) is 6.29 Å². The van der Waals surface area contributed by atoms with Gasteiger partial charge in [-0.3, -0.25) is 4.79 Å². The Morgan fingerprint density at radius 2 is 2.20 bits per heavy atom. The highest BCUT2D eigenvalue weighted by molar-refractivity contribution is 5.85.